The van der Waals surface area contributed by atoms with Crippen LogP contribution in [0.25, 0.3) is 0 Å². The lowest BCUT2D eigenvalue weighted by atomic mass is 9.86. The quantitative estimate of drug-likeness (QED) is 0.818. The maximum atomic E-state index is 6.02. The predicted octanol–water partition coefficient (Wildman–Crippen LogP) is 4.07. The summed E-state index contributed by atoms with van der Waals surface area (Å²) in [5.41, 5.74) is 7.68. The van der Waals surface area contributed by atoms with Crippen LogP contribution in [0.15, 0.2) is 18.2 Å². The first-order valence-corrected chi connectivity index (χ1v) is 7.42. The molecule has 1 fully saturated rings. The van der Waals surface area contributed by atoms with Crippen molar-refractivity contribution in [3.05, 3.63) is 23.2 Å². The van der Waals surface area contributed by atoms with Gasteiger partial charge in [0.25, 0.3) is 0 Å². The van der Waals surface area contributed by atoms with Crippen molar-refractivity contribution in [1.82, 2.24) is 0 Å². The first-order chi connectivity index (χ1) is 9.08. The fourth-order valence-corrected chi connectivity index (χ4v) is 2.94. The Hall–Kier alpha value is -0.930. The van der Waals surface area contributed by atoms with Gasteiger partial charge in [-0.15, -0.1) is 0 Å². The molecule has 106 valence electrons. The SMILES string of the molecule is CCC1(CC)CC(Nc2cc(Cl)ccc2N)CCO1. The molecule has 0 aromatic heterocycles. The molecule has 1 heterocycles. The number of benzene rings is 1. The molecule has 4 heteroatoms. The second-order valence-electron chi connectivity index (χ2n) is 5.30. The lowest BCUT2D eigenvalue weighted by molar-refractivity contribution is -0.0864. The third-order valence-corrected chi connectivity index (χ3v) is 4.39. The van der Waals surface area contributed by atoms with Gasteiger partial charge in [-0.3, -0.25) is 0 Å². The molecule has 19 heavy (non-hydrogen) atoms. The zero-order valence-electron chi connectivity index (χ0n) is 11.7. The average molecular weight is 283 g/mol. The third-order valence-electron chi connectivity index (χ3n) is 4.16. The van der Waals surface area contributed by atoms with E-state index in [2.05, 4.69) is 19.2 Å². The molecule has 1 aromatic rings. The van der Waals surface area contributed by atoms with Crippen LogP contribution in [0.3, 0.4) is 0 Å². The van der Waals surface area contributed by atoms with Gasteiger partial charge in [0.1, 0.15) is 0 Å². The number of hydrogen-bond acceptors (Lipinski definition) is 3. The number of anilines is 2. The first-order valence-electron chi connectivity index (χ1n) is 7.04. The number of rotatable bonds is 4. The number of nitrogen functional groups attached to an aromatic ring is 1. The summed E-state index contributed by atoms with van der Waals surface area (Å²) in [6.45, 7) is 5.19. The topological polar surface area (TPSA) is 47.3 Å². The highest BCUT2D eigenvalue weighted by Gasteiger charge is 2.34. The van der Waals surface area contributed by atoms with Crippen LogP contribution in [0, 0.1) is 0 Å². The molecule has 2 rings (SSSR count). The molecular weight excluding hydrogens is 260 g/mol. The summed E-state index contributed by atoms with van der Waals surface area (Å²) in [4.78, 5) is 0. The van der Waals surface area contributed by atoms with Crippen LogP contribution in [0.5, 0.6) is 0 Å². The summed E-state index contributed by atoms with van der Waals surface area (Å²) in [5, 5.41) is 4.23. The van der Waals surface area contributed by atoms with Crippen molar-refractivity contribution in [3.8, 4) is 0 Å². The van der Waals surface area contributed by atoms with Crippen LogP contribution in [-0.2, 0) is 4.74 Å². The van der Waals surface area contributed by atoms with Crippen molar-refractivity contribution in [1.29, 1.82) is 0 Å². The van der Waals surface area contributed by atoms with Crippen LogP contribution in [0.4, 0.5) is 11.4 Å². The highest BCUT2D eigenvalue weighted by atomic mass is 35.5. The van der Waals surface area contributed by atoms with E-state index in [1.165, 1.54) is 0 Å². The number of nitrogens with two attached hydrogens (primary N) is 1. The largest absolute Gasteiger partial charge is 0.397 e. The van der Waals surface area contributed by atoms with E-state index in [-0.39, 0.29) is 5.60 Å². The van der Waals surface area contributed by atoms with Crippen LogP contribution in [0.2, 0.25) is 5.02 Å². The molecule has 0 saturated carbocycles. The van der Waals surface area contributed by atoms with Crippen molar-refractivity contribution in [2.75, 3.05) is 17.7 Å². The summed E-state index contributed by atoms with van der Waals surface area (Å²) in [6, 6.07) is 5.95. The Morgan fingerprint density at radius 1 is 1.42 bits per heavy atom. The van der Waals surface area contributed by atoms with Crippen molar-refractivity contribution >= 4 is 23.0 Å². The zero-order chi connectivity index (χ0) is 13.9. The lowest BCUT2D eigenvalue weighted by Gasteiger charge is -2.40. The van der Waals surface area contributed by atoms with E-state index in [9.17, 15) is 0 Å². The van der Waals surface area contributed by atoms with Gasteiger partial charge in [-0.2, -0.15) is 0 Å². The van der Waals surface area contributed by atoms with Gasteiger partial charge >= 0.3 is 0 Å². The van der Waals surface area contributed by atoms with Crippen molar-refractivity contribution in [3.63, 3.8) is 0 Å². The molecular formula is C15H23ClN2O. The normalized spacial score (nSPS) is 22.2. The van der Waals surface area contributed by atoms with Gasteiger partial charge < -0.3 is 15.8 Å². The van der Waals surface area contributed by atoms with E-state index in [4.69, 9.17) is 22.1 Å². The average Bonchev–Trinajstić information content (AvgIpc) is 2.43. The van der Waals surface area contributed by atoms with E-state index in [1.54, 1.807) is 0 Å². The van der Waals surface area contributed by atoms with Gasteiger partial charge in [0.15, 0.2) is 0 Å². The molecule has 0 radical (unpaired) electrons. The summed E-state index contributed by atoms with van der Waals surface area (Å²) >= 11 is 6.02. The Bertz CT molecular complexity index is 432. The van der Waals surface area contributed by atoms with Gasteiger partial charge in [-0.25, -0.2) is 0 Å². The summed E-state index contributed by atoms with van der Waals surface area (Å²) in [5.74, 6) is 0. The van der Waals surface area contributed by atoms with E-state index >= 15 is 0 Å². The fraction of sp³-hybridized carbons (Fsp3) is 0.600. The van der Waals surface area contributed by atoms with E-state index in [0.717, 1.165) is 43.7 Å². The molecule has 1 aliphatic rings. The molecule has 1 saturated heterocycles. The minimum Gasteiger partial charge on any atom is -0.397 e. The molecule has 1 atom stereocenters. The minimum absolute atomic E-state index is 0.0171. The number of ether oxygens (including phenoxy) is 1. The minimum atomic E-state index is 0.0171. The van der Waals surface area contributed by atoms with Crippen molar-refractivity contribution in [2.45, 2.75) is 51.2 Å². The Kier molecular flexibility index (Phi) is 4.58. The predicted molar refractivity (Wildman–Crippen MR) is 81.8 cm³/mol. The van der Waals surface area contributed by atoms with Gasteiger partial charge in [-0.05, 0) is 43.9 Å². The van der Waals surface area contributed by atoms with Crippen molar-refractivity contribution < 1.29 is 4.74 Å². The highest BCUT2D eigenvalue weighted by molar-refractivity contribution is 6.31. The van der Waals surface area contributed by atoms with Crippen LogP contribution >= 0.6 is 11.6 Å². The molecule has 1 aromatic carbocycles. The first kappa shape index (κ1) is 14.5. The number of hydrogen-bond donors (Lipinski definition) is 2. The fourth-order valence-electron chi connectivity index (χ4n) is 2.77. The van der Waals surface area contributed by atoms with Crippen LogP contribution in [0.1, 0.15) is 39.5 Å². The third kappa shape index (κ3) is 3.34. The van der Waals surface area contributed by atoms with Crippen LogP contribution < -0.4 is 11.1 Å². The molecule has 1 aliphatic heterocycles. The van der Waals surface area contributed by atoms with E-state index in [0.29, 0.717) is 11.1 Å². The van der Waals surface area contributed by atoms with E-state index < -0.39 is 0 Å². The zero-order valence-corrected chi connectivity index (χ0v) is 12.5. The Balaban J connectivity index is 2.08. The van der Waals surface area contributed by atoms with Gasteiger partial charge in [0, 0.05) is 17.7 Å². The molecule has 3 N–H and O–H groups in total. The smallest absolute Gasteiger partial charge is 0.0696 e. The molecule has 3 nitrogen and oxygen atoms in total. The molecule has 0 aliphatic carbocycles. The highest BCUT2D eigenvalue weighted by Crippen LogP contribution is 2.34. The molecule has 1 unspecified atom stereocenters. The number of halogens is 1. The maximum Gasteiger partial charge on any atom is 0.0696 e. The van der Waals surface area contributed by atoms with Gasteiger partial charge in [0.05, 0.1) is 17.0 Å². The van der Waals surface area contributed by atoms with E-state index in [1.807, 2.05) is 18.2 Å². The standard InChI is InChI=1S/C15H23ClN2O/c1-3-15(4-2)10-12(7-8-19-15)18-14-9-11(16)5-6-13(14)17/h5-6,9,12,18H,3-4,7-8,10,17H2,1-2H3. The second kappa shape index (κ2) is 6.02. The summed E-state index contributed by atoms with van der Waals surface area (Å²) in [7, 11) is 0. The Morgan fingerprint density at radius 3 is 2.84 bits per heavy atom. The van der Waals surface area contributed by atoms with Crippen LogP contribution in [-0.4, -0.2) is 18.2 Å². The summed E-state index contributed by atoms with van der Waals surface area (Å²) < 4.78 is 5.99. The lowest BCUT2D eigenvalue weighted by Crippen LogP contribution is -2.43. The molecule has 0 spiro atoms. The number of nitrogens with one attached hydrogen (secondary N) is 1. The summed E-state index contributed by atoms with van der Waals surface area (Å²) in [6.07, 6.45) is 4.12. The maximum absolute atomic E-state index is 6.02. The Labute approximate surface area is 120 Å². The van der Waals surface area contributed by atoms with Gasteiger partial charge in [0.2, 0.25) is 0 Å². The Morgan fingerprint density at radius 2 is 2.16 bits per heavy atom. The monoisotopic (exact) mass is 282 g/mol. The molecule has 0 amide bonds. The second-order valence-corrected chi connectivity index (χ2v) is 5.74. The molecule has 0 bridgehead atoms. The van der Waals surface area contributed by atoms with Gasteiger partial charge in [-0.1, -0.05) is 25.4 Å². The van der Waals surface area contributed by atoms with Crippen molar-refractivity contribution in [2.24, 2.45) is 0 Å².